The molecular formula is C28H28F4N2O. The van der Waals surface area contributed by atoms with Crippen molar-refractivity contribution in [1.29, 1.82) is 0 Å². The first-order chi connectivity index (χ1) is 16.7. The van der Waals surface area contributed by atoms with Crippen LogP contribution in [0.4, 0.5) is 17.6 Å². The highest BCUT2D eigenvalue weighted by Crippen LogP contribution is 2.36. The van der Waals surface area contributed by atoms with Crippen LogP contribution in [-0.2, 0) is 30.5 Å². The average molecular weight is 485 g/mol. The van der Waals surface area contributed by atoms with E-state index < -0.39 is 17.2 Å². The summed E-state index contributed by atoms with van der Waals surface area (Å²) in [6.45, 7) is 2.11. The summed E-state index contributed by atoms with van der Waals surface area (Å²) in [5, 5.41) is 2.91. The first kappa shape index (κ1) is 24.9. The van der Waals surface area contributed by atoms with Gasteiger partial charge in [0.1, 0.15) is 5.82 Å². The van der Waals surface area contributed by atoms with Gasteiger partial charge in [-0.3, -0.25) is 9.69 Å². The van der Waals surface area contributed by atoms with Crippen LogP contribution < -0.4 is 5.32 Å². The van der Waals surface area contributed by atoms with Crippen LogP contribution in [-0.4, -0.2) is 23.9 Å². The van der Waals surface area contributed by atoms with E-state index in [0.717, 1.165) is 23.3 Å². The van der Waals surface area contributed by atoms with Crippen LogP contribution >= 0.6 is 0 Å². The molecule has 0 bridgehead atoms. The van der Waals surface area contributed by atoms with Gasteiger partial charge in [0.2, 0.25) is 5.91 Å². The van der Waals surface area contributed by atoms with Crippen molar-refractivity contribution in [3.63, 3.8) is 0 Å². The lowest BCUT2D eigenvalue weighted by Crippen LogP contribution is -2.49. The highest BCUT2D eigenvalue weighted by atomic mass is 19.4. The summed E-state index contributed by atoms with van der Waals surface area (Å²) in [5.74, 6) is -0.410. The summed E-state index contributed by atoms with van der Waals surface area (Å²) < 4.78 is 52.4. The van der Waals surface area contributed by atoms with Gasteiger partial charge in [-0.25, -0.2) is 4.39 Å². The Bertz CT molecular complexity index is 1120. The minimum absolute atomic E-state index is 0.0403. The SMILES string of the molecule is O=C(NCc1cccc(C(F)(F)F)c1)C1(Cc2ccccc2)CCN(Cc2ccc(F)cc2)CC1. The number of piperidine rings is 1. The number of rotatable bonds is 7. The Hall–Kier alpha value is -3.19. The van der Waals surface area contributed by atoms with Gasteiger partial charge in [-0.2, -0.15) is 13.2 Å². The molecule has 35 heavy (non-hydrogen) atoms. The normalized spacial score (nSPS) is 16.1. The molecule has 0 saturated carbocycles. The van der Waals surface area contributed by atoms with Crippen molar-refractivity contribution in [2.24, 2.45) is 5.41 Å². The Morgan fingerprint density at radius 3 is 2.17 bits per heavy atom. The van der Waals surface area contributed by atoms with E-state index in [-0.39, 0.29) is 18.3 Å². The quantitative estimate of drug-likeness (QED) is 0.418. The number of hydrogen-bond donors (Lipinski definition) is 1. The fourth-order valence-corrected chi connectivity index (χ4v) is 4.69. The van der Waals surface area contributed by atoms with E-state index in [9.17, 15) is 22.4 Å². The third kappa shape index (κ3) is 6.48. The van der Waals surface area contributed by atoms with Crippen LogP contribution in [0.15, 0.2) is 78.9 Å². The largest absolute Gasteiger partial charge is 0.416 e. The van der Waals surface area contributed by atoms with Crippen LogP contribution in [0.3, 0.4) is 0 Å². The number of nitrogens with one attached hydrogen (secondary N) is 1. The summed E-state index contributed by atoms with van der Waals surface area (Å²) in [7, 11) is 0. The third-order valence-corrected chi connectivity index (χ3v) is 6.71. The zero-order valence-corrected chi connectivity index (χ0v) is 19.3. The van der Waals surface area contributed by atoms with E-state index >= 15 is 0 Å². The topological polar surface area (TPSA) is 32.3 Å². The number of benzene rings is 3. The Balaban J connectivity index is 1.45. The first-order valence-electron chi connectivity index (χ1n) is 11.7. The molecule has 1 amide bonds. The van der Waals surface area contributed by atoms with Gasteiger partial charge in [-0.1, -0.05) is 54.6 Å². The molecule has 3 aromatic carbocycles. The molecule has 4 rings (SSSR count). The van der Waals surface area contributed by atoms with E-state index in [1.54, 1.807) is 18.2 Å². The molecule has 1 aliphatic heterocycles. The van der Waals surface area contributed by atoms with Crippen molar-refractivity contribution in [2.75, 3.05) is 13.1 Å². The molecular weight excluding hydrogens is 456 g/mol. The molecule has 3 aromatic rings. The maximum atomic E-state index is 13.5. The van der Waals surface area contributed by atoms with Crippen molar-refractivity contribution < 1.29 is 22.4 Å². The van der Waals surface area contributed by atoms with Crippen molar-refractivity contribution >= 4 is 5.91 Å². The number of carbonyl (C=O) groups is 1. The fraction of sp³-hybridized carbons (Fsp3) is 0.321. The smallest absolute Gasteiger partial charge is 0.352 e. The molecule has 1 aliphatic rings. The Morgan fingerprint density at radius 1 is 0.857 bits per heavy atom. The summed E-state index contributed by atoms with van der Waals surface area (Å²) in [4.78, 5) is 15.7. The first-order valence-corrected chi connectivity index (χ1v) is 11.7. The molecule has 0 aliphatic carbocycles. The number of likely N-dealkylation sites (tertiary alicyclic amines) is 1. The maximum Gasteiger partial charge on any atom is 0.416 e. The standard InChI is InChI=1S/C28H28F4N2O/c29-25-11-9-22(10-12-25)20-34-15-13-27(14-16-34,18-21-5-2-1-3-6-21)26(35)33-19-23-7-4-8-24(17-23)28(30,31)32/h1-12,17H,13-16,18-20H2,(H,33,35). The van der Waals surface area contributed by atoms with Gasteiger partial charge >= 0.3 is 6.18 Å². The third-order valence-electron chi connectivity index (χ3n) is 6.71. The number of hydrogen-bond acceptors (Lipinski definition) is 2. The molecule has 1 saturated heterocycles. The Labute approximate surface area is 202 Å². The lowest BCUT2D eigenvalue weighted by atomic mass is 9.73. The lowest BCUT2D eigenvalue weighted by molar-refractivity contribution is -0.137. The molecule has 0 unspecified atom stereocenters. The van der Waals surface area contributed by atoms with Gasteiger partial charge in [0.15, 0.2) is 0 Å². The molecule has 184 valence electrons. The monoisotopic (exact) mass is 484 g/mol. The molecule has 3 nitrogen and oxygen atoms in total. The Morgan fingerprint density at radius 2 is 1.51 bits per heavy atom. The molecule has 0 spiro atoms. The lowest BCUT2D eigenvalue weighted by Gasteiger charge is -2.41. The van der Waals surface area contributed by atoms with Crippen molar-refractivity contribution in [2.45, 2.75) is 38.5 Å². The highest BCUT2D eigenvalue weighted by molar-refractivity contribution is 5.83. The predicted molar refractivity (Wildman–Crippen MR) is 127 cm³/mol. The van der Waals surface area contributed by atoms with Gasteiger partial charge in [-0.15, -0.1) is 0 Å². The minimum Gasteiger partial charge on any atom is -0.352 e. The van der Waals surface area contributed by atoms with Crippen LogP contribution in [0.25, 0.3) is 0 Å². The second-order valence-corrected chi connectivity index (χ2v) is 9.23. The molecule has 0 aromatic heterocycles. The Kier molecular flexibility index (Phi) is 7.55. The van der Waals surface area contributed by atoms with Crippen molar-refractivity contribution in [3.05, 3.63) is 107 Å². The average Bonchev–Trinajstić information content (AvgIpc) is 2.85. The summed E-state index contributed by atoms with van der Waals surface area (Å²) in [6.07, 6.45) is -2.62. The second-order valence-electron chi connectivity index (χ2n) is 9.23. The number of alkyl halides is 3. The summed E-state index contributed by atoms with van der Waals surface area (Å²) in [5.41, 5.74) is 1.10. The van der Waals surface area contributed by atoms with Gasteiger partial charge in [0.05, 0.1) is 11.0 Å². The van der Waals surface area contributed by atoms with Gasteiger partial charge in [-0.05, 0) is 73.3 Å². The second kappa shape index (κ2) is 10.6. The molecule has 7 heteroatoms. The number of halogens is 4. The van der Waals surface area contributed by atoms with Gasteiger partial charge < -0.3 is 5.32 Å². The van der Waals surface area contributed by atoms with Crippen LogP contribution in [0, 0.1) is 11.2 Å². The minimum atomic E-state index is -4.42. The van der Waals surface area contributed by atoms with Gasteiger partial charge in [0, 0.05) is 13.1 Å². The fourth-order valence-electron chi connectivity index (χ4n) is 4.69. The maximum absolute atomic E-state index is 13.5. The highest BCUT2D eigenvalue weighted by Gasteiger charge is 2.41. The van der Waals surface area contributed by atoms with Crippen LogP contribution in [0.2, 0.25) is 0 Å². The number of amides is 1. The number of nitrogens with zero attached hydrogens (tertiary/aromatic N) is 1. The molecule has 0 atom stereocenters. The van der Waals surface area contributed by atoms with Crippen molar-refractivity contribution in [1.82, 2.24) is 10.2 Å². The van der Waals surface area contributed by atoms with Crippen LogP contribution in [0.5, 0.6) is 0 Å². The van der Waals surface area contributed by atoms with E-state index in [1.807, 2.05) is 30.3 Å². The van der Waals surface area contributed by atoms with Crippen LogP contribution in [0.1, 0.15) is 35.1 Å². The molecule has 1 heterocycles. The molecule has 1 fully saturated rings. The summed E-state index contributed by atoms with van der Waals surface area (Å²) in [6, 6.07) is 21.3. The van der Waals surface area contributed by atoms with E-state index in [2.05, 4.69) is 10.2 Å². The molecule has 1 N–H and O–H groups in total. The van der Waals surface area contributed by atoms with Crippen molar-refractivity contribution in [3.8, 4) is 0 Å². The number of carbonyl (C=O) groups excluding carboxylic acids is 1. The summed E-state index contributed by atoms with van der Waals surface area (Å²) >= 11 is 0. The van der Waals surface area contributed by atoms with E-state index in [1.165, 1.54) is 18.2 Å². The zero-order chi connectivity index (χ0) is 24.9. The van der Waals surface area contributed by atoms with Gasteiger partial charge in [0.25, 0.3) is 0 Å². The molecule has 0 radical (unpaired) electrons. The van der Waals surface area contributed by atoms with E-state index in [0.29, 0.717) is 44.5 Å². The predicted octanol–water partition coefficient (Wildman–Crippen LogP) is 5.99. The zero-order valence-electron chi connectivity index (χ0n) is 19.3. The van der Waals surface area contributed by atoms with E-state index in [4.69, 9.17) is 0 Å².